The summed E-state index contributed by atoms with van der Waals surface area (Å²) in [5.41, 5.74) is 4.93. The number of carbonyl (C=O) groups is 2. The van der Waals surface area contributed by atoms with E-state index in [9.17, 15) is 9.59 Å². The molecule has 1 heterocycles. The summed E-state index contributed by atoms with van der Waals surface area (Å²) in [6, 6.07) is 25.9. The number of anilines is 2. The van der Waals surface area contributed by atoms with E-state index in [4.69, 9.17) is 0 Å². The molecule has 4 rings (SSSR count). The lowest BCUT2D eigenvalue weighted by molar-refractivity contribution is -0.118. The number of rotatable bonds is 7. The molecule has 2 amide bonds. The summed E-state index contributed by atoms with van der Waals surface area (Å²) in [6.45, 7) is 4.14. The van der Waals surface area contributed by atoms with E-state index >= 15 is 0 Å². The van der Waals surface area contributed by atoms with Gasteiger partial charge in [-0.15, -0.1) is 11.8 Å². The Kier molecular flexibility index (Phi) is 6.96. The highest BCUT2D eigenvalue weighted by Gasteiger charge is 2.34. The number of hydrogen-bond donors (Lipinski definition) is 1. The number of benzene rings is 3. The SMILES string of the molecule is CCc1ccc(N2C(=O)CSC2c2cccc(NC(=O)C(CC)c3ccccc3)c2)cc1. The zero-order valence-corrected chi connectivity index (χ0v) is 19.3. The molecule has 0 saturated carbocycles. The maximum absolute atomic E-state index is 13.0. The smallest absolute Gasteiger partial charge is 0.238 e. The summed E-state index contributed by atoms with van der Waals surface area (Å²) in [4.78, 5) is 27.6. The van der Waals surface area contributed by atoms with Crippen LogP contribution in [0.2, 0.25) is 0 Å². The number of hydrogen-bond acceptors (Lipinski definition) is 3. The normalized spacial score (nSPS) is 16.8. The van der Waals surface area contributed by atoms with E-state index in [1.807, 2.05) is 78.6 Å². The predicted molar refractivity (Wildman–Crippen MR) is 133 cm³/mol. The Labute approximate surface area is 194 Å². The molecule has 4 nitrogen and oxygen atoms in total. The summed E-state index contributed by atoms with van der Waals surface area (Å²) in [5, 5.41) is 2.98. The number of nitrogens with one attached hydrogen (secondary N) is 1. The molecule has 2 atom stereocenters. The molecule has 1 aliphatic heterocycles. The van der Waals surface area contributed by atoms with Gasteiger partial charge in [-0.1, -0.05) is 68.4 Å². The van der Waals surface area contributed by atoms with Crippen LogP contribution in [0.3, 0.4) is 0 Å². The highest BCUT2D eigenvalue weighted by Crippen LogP contribution is 2.42. The van der Waals surface area contributed by atoms with Crippen molar-refractivity contribution in [3.8, 4) is 0 Å². The minimum absolute atomic E-state index is 0.0157. The molecule has 0 aromatic heterocycles. The maximum atomic E-state index is 13.0. The van der Waals surface area contributed by atoms with E-state index in [0.717, 1.165) is 35.3 Å². The number of thioether (sulfide) groups is 1. The van der Waals surface area contributed by atoms with Crippen molar-refractivity contribution in [2.45, 2.75) is 38.0 Å². The van der Waals surface area contributed by atoms with Crippen molar-refractivity contribution in [2.75, 3.05) is 16.0 Å². The second-order valence-electron chi connectivity index (χ2n) is 7.93. The van der Waals surface area contributed by atoms with Crippen molar-refractivity contribution in [2.24, 2.45) is 0 Å². The van der Waals surface area contributed by atoms with Crippen LogP contribution in [-0.2, 0) is 16.0 Å². The van der Waals surface area contributed by atoms with Crippen LogP contribution in [0.1, 0.15) is 48.3 Å². The lowest BCUT2D eigenvalue weighted by Crippen LogP contribution is -2.28. The molecule has 2 unspecified atom stereocenters. The molecule has 0 radical (unpaired) electrons. The molecule has 164 valence electrons. The van der Waals surface area contributed by atoms with Gasteiger partial charge >= 0.3 is 0 Å². The van der Waals surface area contributed by atoms with Gasteiger partial charge in [0.05, 0.1) is 11.7 Å². The zero-order valence-electron chi connectivity index (χ0n) is 18.5. The molecule has 3 aromatic carbocycles. The maximum Gasteiger partial charge on any atom is 0.238 e. The van der Waals surface area contributed by atoms with Gasteiger partial charge in [-0.2, -0.15) is 0 Å². The lowest BCUT2D eigenvalue weighted by atomic mass is 9.95. The number of aryl methyl sites for hydroxylation is 1. The van der Waals surface area contributed by atoms with Gasteiger partial charge in [0.2, 0.25) is 11.8 Å². The lowest BCUT2D eigenvalue weighted by Gasteiger charge is -2.25. The summed E-state index contributed by atoms with van der Waals surface area (Å²) >= 11 is 1.62. The summed E-state index contributed by atoms with van der Waals surface area (Å²) < 4.78 is 0. The van der Waals surface area contributed by atoms with Crippen LogP contribution in [0.25, 0.3) is 0 Å². The Hall–Kier alpha value is -3.05. The van der Waals surface area contributed by atoms with E-state index in [0.29, 0.717) is 5.75 Å². The fourth-order valence-electron chi connectivity index (χ4n) is 4.10. The predicted octanol–water partition coefficient (Wildman–Crippen LogP) is 6.16. The molecule has 5 heteroatoms. The first kappa shape index (κ1) is 22.2. The van der Waals surface area contributed by atoms with Crippen LogP contribution in [-0.4, -0.2) is 17.6 Å². The van der Waals surface area contributed by atoms with Gasteiger partial charge in [0.1, 0.15) is 5.37 Å². The molecule has 1 N–H and O–H groups in total. The average molecular weight is 445 g/mol. The zero-order chi connectivity index (χ0) is 22.5. The fraction of sp³-hybridized carbons (Fsp3) is 0.259. The van der Waals surface area contributed by atoms with Gasteiger partial charge < -0.3 is 5.32 Å². The Morgan fingerprint density at radius 1 is 1.03 bits per heavy atom. The van der Waals surface area contributed by atoms with Crippen molar-refractivity contribution in [3.05, 3.63) is 95.6 Å². The molecular formula is C27H28N2O2S. The van der Waals surface area contributed by atoms with Crippen LogP contribution >= 0.6 is 11.8 Å². The second kappa shape index (κ2) is 10.0. The van der Waals surface area contributed by atoms with Crippen molar-refractivity contribution >= 4 is 35.0 Å². The van der Waals surface area contributed by atoms with Crippen molar-refractivity contribution in [3.63, 3.8) is 0 Å². The van der Waals surface area contributed by atoms with E-state index < -0.39 is 0 Å². The average Bonchev–Trinajstić information content (AvgIpc) is 3.22. The Bertz CT molecular complexity index is 1080. The summed E-state index contributed by atoms with van der Waals surface area (Å²) in [6.07, 6.45) is 1.69. The Morgan fingerprint density at radius 3 is 2.47 bits per heavy atom. The molecule has 0 aliphatic carbocycles. The van der Waals surface area contributed by atoms with Gasteiger partial charge in [-0.05, 0) is 53.8 Å². The van der Waals surface area contributed by atoms with Gasteiger partial charge in [-0.25, -0.2) is 0 Å². The molecule has 0 bridgehead atoms. The second-order valence-corrected chi connectivity index (χ2v) is 9.00. The van der Waals surface area contributed by atoms with E-state index in [1.165, 1.54) is 5.56 Å². The highest BCUT2D eigenvalue weighted by molar-refractivity contribution is 8.00. The molecule has 32 heavy (non-hydrogen) atoms. The standard InChI is InChI=1S/C27H28N2O2S/c1-3-19-13-15-23(16-14-19)29-25(30)18-32-27(29)21-11-8-12-22(17-21)28-26(31)24(4-2)20-9-6-5-7-10-20/h5-17,24,27H,3-4,18H2,1-2H3,(H,28,31). The molecule has 0 spiro atoms. The third kappa shape index (κ3) is 4.73. The summed E-state index contributed by atoms with van der Waals surface area (Å²) in [5.74, 6) is 0.339. The van der Waals surface area contributed by atoms with Crippen molar-refractivity contribution < 1.29 is 9.59 Å². The minimum atomic E-state index is -0.198. The number of amides is 2. The van der Waals surface area contributed by atoms with Crippen LogP contribution in [0.5, 0.6) is 0 Å². The Balaban J connectivity index is 1.55. The first-order chi connectivity index (χ1) is 15.6. The third-order valence-electron chi connectivity index (χ3n) is 5.86. The van der Waals surface area contributed by atoms with Gasteiger partial charge in [0, 0.05) is 11.4 Å². The molecule has 3 aromatic rings. The topological polar surface area (TPSA) is 49.4 Å². The monoisotopic (exact) mass is 444 g/mol. The summed E-state index contributed by atoms with van der Waals surface area (Å²) in [7, 11) is 0. The van der Waals surface area contributed by atoms with Gasteiger partial charge in [0.15, 0.2) is 0 Å². The number of nitrogens with zero attached hydrogens (tertiary/aromatic N) is 1. The largest absolute Gasteiger partial charge is 0.326 e. The first-order valence-corrected chi connectivity index (χ1v) is 12.1. The van der Waals surface area contributed by atoms with Crippen LogP contribution in [0.15, 0.2) is 78.9 Å². The van der Waals surface area contributed by atoms with E-state index in [2.05, 4.69) is 24.4 Å². The highest BCUT2D eigenvalue weighted by atomic mass is 32.2. The fourth-order valence-corrected chi connectivity index (χ4v) is 5.27. The Morgan fingerprint density at radius 2 is 1.78 bits per heavy atom. The molecule has 1 saturated heterocycles. The van der Waals surface area contributed by atoms with E-state index in [1.54, 1.807) is 11.8 Å². The minimum Gasteiger partial charge on any atom is -0.326 e. The van der Waals surface area contributed by atoms with Crippen LogP contribution < -0.4 is 10.2 Å². The van der Waals surface area contributed by atoms with Crippen LogP contribution in [0.4, 0.5) is 11.4 Å². The molecule has 1 fully saturated rings. The first-order valence-electron chi connectivity index (χ1n) is 11.1. The quantitative estimate of drug-likeness (QED) is 0.475. The van der Waals surface area contributed by atoms with Crippen molar-refractivity contribution in [1.82, 2.24) is 0 Å². The molecular weight excluding hydrogens is 416 g/mol. The van der Waals surface area contributed by atoms with Crippen LogP contribution in [0, 0.1) is 0 Å². The van der Waals surface area contributed by atoms with Crippen molar-refractivity contribution in [1.29, 1.82) is 0 Å². The third-order valence-corrected chi connectivity index (χ3v) is 7.07. The van der Waals surface area contributed by atoms with E-state index in [-0.39, 0.29) is 23.1 Å². The molecule has 1 aliphatic rings. The van der Waals surface area contributed by atoms with Gasteiger partial charge in [-0.3, -0.25) is 14.5 Å². The number of carbonyl (C=O) groups excluding carboxylic acids is 2. The van der Waals surface area contributed by atoms with Gasteiger partial charge in [0.25, 0.3) is 0 Å².